The van der Waals surface area contributed by atoms with E-state index in [0.29, 0.717) is 19.5 Å². The standard InChI is InChI=1S/C18H19FN2O3.2Pb/c1-14(22)21-12-11-20(13-17(21)18(23)24-2)10-4-3-5-15-6-8-16(19)9-7-15;;/h1,6-9,17H,4,10-13H2,2H3;;. The molecule has 1 atom stereocenters. The second-order valence-electron chi connectivity index (χ2n) is 5.86. The third kappa shape index (κ3) is 6.26. The number of hydrogen-bond acceptors (Lipinski definition) is 4. The van der Waals surface area contributed by atoms with Gasteiger partial charge in [0.15, 0.2) is 0 Å². The van der Waals surface area contributed by atoms with E-state index in [1.165, 1.54) is 19.2 Å². The molecule has 0 saturated carbocycles. The van der Waals surface area contributed by atoms with Crippen LogP contribution in [-0.4, -0.2) is 113 Å². The Morgan fingerprint density at radius 1 is 1.31 bits per heavy atom. The molecule has 1 amide bonds. The Morgan fingerprint density at radius 3 is 2.62 bits per heavy atom. The first-order valence-corrected chi connectivity index (χ1v) is 12.7. The predicted octanol–water partition coefficient (Wildman–Crippen LogP) is 0.336. The number of amides is 1. The van der Waals surface area contributed by atoms with Gasteiger partial charge in [-0.15, -0.1) is 0 Å². The number of carbonyl (C=O) groups excluding carboxylic acids is 2. The zero-order valence-electron chi connectivity index (χ0n) is 14.5. The molecule has 1 fully saturated rings. The molecule has 1 aromatic carbocycles. The fourth-order valence-electron chi connectivity index (χ4n) is 2.72. The summed E-state index contributed by atoms with van der Waals surface area (Å²) < 4.78 is 17.9. The first-order chi connectivity index (χ1) is 12.4. The van der Waals surface area contributed by atoms with Crippen molar-refractivity contribution >= 4 is 63.4 Å². The summed E-state index contributed by atoms with van der Waals surface area (Å²) in [5.74, 6) is 5.55. The summed E-state index contributed by atoms with van der Waals surface area (Å²) in [5, 5.41) is 0. The Morgan fingerprint density at radius 2 is 2.00 bits per heavy atom. The third-order valence-corrected chi connectivity index (χ3v) is 6.02. The Labute approximate surface area is 185 Å². The van der Waals surface area contributed by atoms with Crippen LogP contribution in [0.5, 0.6) is 0 Å². The molecular weight excluding hydrogens is 726 g/mol. The molecular formula is C18H19FN2O3Pb2. The summed E-state index contributed by atoms with van der Waals surface area (Å²) >= 11 is 1.64. The van der Waals surface area contributed by atoms with Crippen LogP contribution in [0.3, 0.4) is 0 Å². The minimum absolute atomic E-state index is 0.0921. The number of carbonyl (C=O) groups is 2. The van der Waals surface area contributed by atoms with Crippen molar-refractivity contribution in [3.05, 3.63) is 35.6 Å². The van der Waals surface area contributed by atoms with Crippen LogP contribution >= 0.6 is 0 Å². The first-order valence-electron chi connectivity index (χ1n) is 8.19. The molecule has 1 aliphatic rings. The summed E-state index contributed by atoms with van der Waals surface area (Å²) in [6.07, 6.45) is 0.642. The molecule has 1 aliphatic heterocycles. The molecule has 0 aromatic heterocycles. The molecule has 0 bridgehead atoms. The van der Waals surface area contributed by atoms with Gasteiger partial charge in [0.1, 0.15) is 5.82 Å². The van der Waals surface area contributed by atoms with Gasteiger partial charge in [0.25, 0.3) is 0 Å². The van der Waals surface area contributed by atoms with Gasteiger partial charge >= 0.3 is 164 Å². The van der Waals surface area contributed by atoms with Crippen LogP contribution in [0.1, 0.15) is 12.0 Å². The van der Waals surface area contributed by atoms with Crippen molar-refractivity contribution in [1.29, 1.82) is 0 Å². The van der Waals surface area contributed by atoms with Crippen LogP contribution in [0.2, 0.25) is 1.04 Å². The Hall–Kier alpha value is -0.546. The fourth-order valence-corrected chi connectivity index (χ4v) is 4.01. The normalized spacial score (nSPS) is 17.6. The van der Waals surface area contributed by atoms with Gasteiger partial charge in [0.05, 0.1) is 0 Å². The average molecular weight is 745 g/mol. The van der Waals surface area contributed by atoms with E-state index >= 15 is 0 Å². The third-order valence-electron chi connectivity index (χ3n) is 4.10. The maximum absolute atomic E-state index is 12.9. The second kappa shape index (κ2) is 10.7. The number of halogens is 1. The molecule has 0 N–H and O–H groups in total. The summed E-state index contributed by atoms with van der Waals surface area (Å²) in [6.45, 7) is 2.47. The molecule has 134 valence electrons. The summed E-state index contributed by atoms with van der Waals surface area (Å²) in [5.41, 5.74) is 0.777. The van der Waals surface area contributed by atoms with E-state index < -0.39 is 6.04 Å². The van der Waals surface area contributed by atoms with Gasteiger partial charge in [-0.05, 0) is 12.1 Å². The van der Waals surface area contributed by atoms with E-state index in [1.54, 1.807) is 17.0 Å². The summed E-state index contributed by atoms with van der Waals surface area (Å²) in [6, 6.07) is 5.55. The Kier molecular flexibility index (Phi) is 8.95. The molecule has 8 heteroatoms. The van der Waals surface area contributed by atoms with Crippen molar-refractivity contribution in [2.75, 3.05) is 33.3 Å². The van der Waals surface area contributed by atoms with Gasteiger partial charge in [0, 0.05) is 0 Å². The SMILES string of the molecule is COC(=O)C1CN(CCC#Cc2ccc(F)cc2)CCN1C(=O)[CH]([Pb])[Pb]. The van der Waals surface area contributed by atoms with Crippen molar-refractivity contribution < 1.29 is 18.7 Å². The van der Waals surface area contributed by atoms with Gasteiger partial charge < -0.3 is 0 Å². The van der Waals surface area contributed by atoms with Crippen LogP contribution < -0.4 is 0 Å². The number of piperazine rings is 1. The number of ether oxygens (including phenoxy) is 1. The fraction of sp³-hybridized carbons (Fsp3) is 0.444. The van der Waals surface area contributed by atoms with Crippen molar-refractivity contribution in [1.82, 2.24) is 9.80 Å². The van der Waals surface area contributed by atoms with Crippen LogP contribution in [0.4, 0.5) is 4.39 Å². The van der Waals surface area contributed by atoms with Crippen LogP contribution in [0.25, 0.3) is 0 Å². The van der Waals surface area contributed by atoms with E-state index in [1.807, 2.05) is 0 Å². The summed E-state index contributed by atoms with van der Waals surface area (Å²) in [7, 11) is 1.36. The molecule has 1 heterocycles. The van der Waals surface area contributed by atoms with Gasteiger partial charge in [0.2, 0.25) is 0 Å². The quantitative estimate of drug-likeness (QED) is 0.254. The topological polar surface area (TPSA) is 49.9 Å². The van der Waals surface area contributed by atoms with Crippen LogP contribution in [0, 0.1) is 17.7 Å². The van der Waals surface area contributed by atoms with Crippen LogP contribution in [0.15, 0.2) is 24.3 Å². The van der Waals surface area contributed by atoms with E-state index in [4.69, 9.17) is 4.74 Å². The maximum atomic E-state index is 12.9. The molecule has 26 heavy (non-hydrogen) atoms. The zero-order chi connectivity index (χ0) is 19.1. The molecule has 1 aromatic rings. The first kappa shape index (κ1) is 21.8. The van der Waals surface area contributed by atoms with E-state index in [-0.39, 0.29) is 18.7 Å². The van der Waals surface area contributed by atoms with Crippen molar-refractivity contribution in [2.24, 2.45) is 0 Å². The Bertz CT molecular complexity index is 701. The van der Waals surface area contributed by atoms with Crippen molar-refractivity contribution in [3.63, 3.8) is 0 Å². The van der Waals surface area contributed by atoms with E-state index in [2.05, 4.69) is 16.7 Å². The minimum atomic E-state index is -0.531. The number of nitrogens with zero attached hydrogens (tertiary/aromatic N) is 2. The molecule has 1 unspecified atom stereocenters. The second-order valence-corrected chi connectivity index (χ2v) is 19.1. The molecule has 5 nitrogen and oxygen atoms in total. The molecule has 0 aliphatic carbocycles. The van der Waals surface area contributed by atoms with Crippen molar-refractivity contribution in [3.8, 4) is 11.8 Å². The van der Waals surface area contributed by atoms with Gasteiger partial charge in [-0.3, -0.25) is 0 Å². The number of hydrogen-bond donors (Lipinski definition) is 0. The van der Waals surface area contributed by atoms with Gasteiger partial charge in [-0.1, -0.05) is 0 Å². The molecule has 1 saturated heterocycles. The monoisotopic (exact) mass is 746 g/mol. The molecule has 6 radical (unpaired) electrons. The number of rotatable bonds is 4. The Balaban J connectivity index is 1.92. The van der Waals surface area contributed by atoms with Crippen LogP contribution in [-0.2, 0) is 14.3 Å². The number of esters is 1. The molecule has 0 spiro atoms. The average Bonchev–Trinajstić information content (AvgIpc) is 2.65. The van der Waals surface area contributed by atoms with E-state index in [0.717, 1.165) is 70.2 Å². The van der Waals surface area contributed by atoms with E-state index in [9.17, 15) is 14.0 Å². The van der Waals surface area contributed by atoms with Crippen molar-refractivity contribution in [2.45, 2.75) is 13.5 Å². The van der Waals surface area contributed by atoms with Gasteiger partial charge in [-0.25, -0.2) is 4.39 Å². The number of methoxy groups -OCH3 is 1. The number of benzene rings is 1. The predicted molar refractivity (Wildman–Crippen MR) is 97.1 cm³/mol. The van der Waals surface area contributed by atoms with Gasteiger partial charge in [-0.2, -0.15) is 0 Å². The zero-order valence-corrected chi connectivity index (χ0v) is 22.3. The summed E-state index contributed by atoms with van der Waals surface area (Å²) in [4.78, 5) is 28.3. The molecule has 2 rings (SSSR count).